The molecule has 3 aliphatic carbocycles. The molecule has 2 aliphatic heterocycles. The summed E-state index contributed by atoms with van der Waals surface area (Å²) in [6, 6.07) is 0. The molecule has 3 fully saturated rings. The molecule has 0 amide bonds. The van der Waals surface area contributed by atoms with Crippen LogP contribution in [-0.2, 0) is 9.53 Å². The van der Waals surface area contributed by atoms with E-state index in [0.29, 0.717) is 28.7 Å². The largest absolute Gasteiger partial charge is 0.356 e. The Labute approximate surface area is 137 Å². The SMILES string of the molecule is CC1=C[C@H]2[C@H](C)C[C@@H]3[C@H]([C@@H]4C=C(C)[C@@]5(O)O[C@@]42[C@@H]1C5=O)C3(C)C. The first kappa shape index (κ1) is 14.4. The van der Waals surface area contributed by atoms with Crippen LogP contribution in [0, 0.1) is 40.9 Å². The number of carbonyl (C=O) groups is 1. The molecule has 1 saturated heterocycles. The zero-order valence-electron chi connectivity index (χ0n) is 14.6. The van der Waals surface area contributed by atoms with Gasteiger partial charge in [0.05, 0.1) is 11.5 Å². The van der Waals surface area contributed by atoms with Gasteiger partial charge in [-0.05, 0) is 49.0 Å². The van der Waals surface area contributed by atoms with Gasteiger partial charge in [-0.1, -0.05) is 38.5 Å². The first-order chi connectivity index (χ1) is 10.7. The summed E-state index contributed by atoms with van der Waals surface area (Å²) in [5.41, 5.74) is 1.58. The third kappa shape index (κ3) is 1.29. The summed E-state index contributed by atoms with van der Waals surface area (Å²) in [4.78, 5) is 13.1. The smallest absolute Gasteiger partial charge is 0.250 e. The molecule has 5 aliphatic rings. The van der Waals surface area contributed by atoms with Crippen molar-refractivity contribution < 1.29 is 14.6 Å². The number of aliphatic hydroxyl groups is 1. The lowest BCUT2D eigenvalue weighted by Crippen LogP contribution is -2.53. The second-order valence-corrected chi connectivity index (χ2v) is 9.38. The first-order valence-electron chi connectivity index (χ1n) is 8.99. The molecule has 3 nitrogen and oxygen atoms in total. The highest BCUT2D eigenvalue weighted by Crippen LogP contribution is 2.75. The zero-order chi connectivity index (χ0) is 16.5. The van der Waals surface area contributed by atoms with Crippen molar-refractivity contribution in [2.24, 2.45) is 40.9 Å². The fourth-order valence-electron chi connectivity index (χ4n) is 6.86. The molecule has 124 valence electrons. The predicted molar refractivity (Wildman–Crippen MR) is 86.3 cm³/mol. The van der Waals surface area contributed by atoms with E-state index in [1.165, 1.54) is 6.42 Å². The molecule has 2 heterocycles. The van der Waals surface area contributed by atoms with Crippen molar-refractivity contribution in [2.75, 3.05) is 0 Å². The van der Waals surface area contributed by atoms with Gasteiger partial charge >= 0.3 is 0 Å². The Morgan fingerprint density at radius 3 is 2.61 bits per heavy atom. The van der Waals surface area contributed by atoms with E-state index in [0.717, 1.165) is 5.57 Å². The highest BCUT2D eigenvalue weighted by atomic mass is 16.7. The van der Waals surface area contributed by atoms with Crippen LogP contribution in [0.5, 0.6) is 0 Å². The molecule has 0 aromatic carbocycles. The number of fused-ring (bicyclic) bond motifs is 3. The molecule has 0 aromatic heterocycles. The summed E-state index contributed by atoms with van der Waals surface area (Å²) in [5, 5.41) is 11.0. The highest BCUT2D eigenvalue weighted by Gasteiger charge is 2.78. The highest BCUT2D eigenvalue weighted by molar-refractivity contribution is 5.97. The van der Waals surface area contributed by atoms with Crippen LogP contribution in [0.25, 0.3) is 0 Å². The number of ether oxygens (including phenoxy) is 1. The molecule has 1 N–H and O–H groups in total. The fraction of sp³-hybridized carbons (Fsp3) is 0.750. The molecule has 2 bridgehead atoms. The van der Waals surface area contributed by atoms with Crippen LogP contribution in [0.1, 0.15) is 41.0 Å². The molecule has 3 heteroatoms. The van der Waals surface area contributed by atoms with E-state index in [9.17, 15) is 9.90 Å². The van der Waals surface area contributed by atoms with Crippen LogP contribution < -0.4 is 0 Å². The lowest BCUT2D eigenvalue weighted by atomic mass is 9.67. The lowest BCUT2D eigenvalue weighted by Gasteiger charge is -2.46. The molecular formula is C20H26O3. The van der Waals surface area contributed by atoms with Gasteiger partial charge in [-0.3, -0.25) is 4.79 Å². The van der Waals surface area contributed by atoms with Gasteiger partial charge in [0.15, 0.2) is 0 Å². The number of rotatable bonds is 0. The van der Waals surface area contributed by atoms with E-state index < -0.39 is 11.4 Å². The summed E-state index contributed by atoms with van der Waals surface area (Å²) in [6.45, 7) is 10.9. The van der Waals surface area contributed by atoms with Crippen LogP contribution in [0.2, 0.25) is 0 Å². The van der Waals surface area contributed by atoms with Gasteiger partial charge in [0.25, 0.3) is 5.79 Å². The second-order valence-electron chi connectivity index (χ2n) is 9.38. The first-order valence-corrected chi connectivity index (χ1v) is 8.99. The van der Waals surface area contributed by atoms with E-state index in [4.69, 9.17) is 4.74 Å². The van der Waals surface area contributed by atoms with Gasteiger partial charge in [-0.2, -0.15) is 0 Å². The Morgan fingerprint density at radius 2 is 1.91 bits per heavy atom. The minimum atomic E-state index is -1.69. The summed E-state index contributed by atoms with van der Waals surface area (Å²) in [7, 11) is 0. The Bertz CT molecular complexity index is 702. The Morgan fingerprint density at radius 1 is 1.22 bits per heavy atom. The maximum absolute atomic E-state index is 13.1. The van der Waals surface area contributed by atoms with E-state index in [-0.39, 0.29) is 23.5 Å². The van der Waals surface area contributed by atoms with E-state index in [1.807, 2.05) is 13.8 Å². The number of hydrogen-bond acceptors (Lipinski definition) is 3. The molecule has 1 spiro atoms. The quantitative estimate of drug-likeness (QED) is 0.699. The molecule has 5 rings (SSSR count). The molecular weight excluding hydrogens is 288 g/mol. The summed E-state index contributed by atoms with van der Waals surface area (Å²) in [6.07, 6.45) is 5.68. The third-order valence-corrected chi connectivity index (χ3v) is 8.04. The minimum Gasteiger partial charge on any atom is -0.356 e. The van der Waals surface area contributed by atoms with E-state index in [1.54, 1.807) is 0 Å². The fourth-order valence-corrected chi connectivity index (χ4v) is 6.86. The van der Waals surface area contributed by atoms with Crippen molar-refractivity contribution in [3.63, 3.8) is 0 Å². The van der Waals surface area contributed by atoms with Crippen LogP contribution in [0.4, 0.5) is 0 Å². The van der Waals surface area contributed by atoms with Gasteiger partial charge in [-0.25, -0.2) is 0 Å². The monoisotopic (exact) mass is 314 g/mol. The Balaban J connectivity index is 1.78. The van der Waals surface area contributed by atoms with Crippen LogP contribution in [0.15, 0.2) is 23.3 Å². The predicted octanol–water partition coefficient (Wildman–Crippen LogP) is 3.09. The van der Waals surface area contributed by atoms with Crippen molar-refractivity contribution in [1.29, 1.82) is 0 Å². The second kappa shape index (κ2) is 3.67. The topological polar surface area (TPSA) is 46.5 Å². The number of ketones is 1. The number of hydrogen-bond donors (Lipinski definition) is 1. The Hall–Kier alpha value is -0.930. The average molecular weight is 314 g/mol. The van der Waals surface area contributed by atoms with Crippen molar-refractivity contribution in [2.45, 2.75) is 52.4 Å². The van der Waals surface area contributed by atoms with Crippen molar-refractivity contribution >= 4 is 5.78 Å². The third-order valence-electron chi connectivity index (χ3n) is 8.04. The number of Topliss-reactive ketones (excluding diaryl/α,β-unsaturated/α-hetero) is 1. The molecule has 0 unspecified atom stereocenters. The number of carbonyl (C=O) groups excluding carboxylic acids is 1. The van der Waals surface area contributed by atoms with Crippen molar-refractivity contribution in [1.82, 2.24) is 0 Å². The molecule has 2 saturated carbocycles. The lowest BCUT2D eigenvalue weighted by molar-refractivity contribution is -0.234. The maximum atomic E-state index is 13.1. The van der Waals surface area contributed by atoms with Gasteiger partial charge in [0.1, 0.15) is 0 Å². The van der Waals surface area contributed by atoms with Gasteiger partial charge in [-0.15, -0.1) is 0 Å². The standard InChI is InChI=1S/C20H26O3/c1-9-6-13-16(18(13,4)5)14-8-11(3)20(22)17(21)15-10(2)7-12(9)19(14,15)23-20/h7-9,12-16,22H,6H2,1-5H3/t9-,12+,13-,14+,15+,16-,19-,20-/m1/s1. The average Bonchev–Trinajstić information content (AvgIpc) is 2.79. The summed E-state index contributed by atoms with van der Waals surface area (Å²) in [5.74, 6) is 0.131. The normalized spacial score (nSPS) is 58.1. The van der Waals surface area contributed by atoms with E-state index >= 15 is 0 Å². The van der Waals surface area contributed by atoms with Gasteiger partial charge in [0.2, 0.25) is 5.78 Å². The van der Waals surface area contributed by atoms with Crippen LogP contribution in [-0.4, -0.2) is 22.3 Å². The molecule has 0 aromatic rings. The summed E-state index contributed by atoms with van der Waals surface area (Å²) < 4.78 is 6.38. The van der Waals surface area contributed by atoms with Gasteiger partial charge < -0.3 is 9.84 Å². The van der Waals surface area contributed by atoms with E-state index in [2.05, 4.69) is 32.9 Å². The minimum absolute atomic E-state index is 0.130. The van der Waals surface area contributed by atoms with Crippen LogP contribution >= 0.6 is 0 Å². The Kier molecular flexibility index (Phi) is 2.30. The zero-order valence-corrected chi connectivity index (χ0v) is 14.6. The summed E-state index contributed by atoms with van der Waals surface area (Å²) >= 11 is 0. The van der Waals surface area contributed by atoms with Gasteiger partial charge in [0, 0.05) is 11.8 Å². The van der Waals surface area contributed by atoms with Crippen LogP contribution in [0.3, 0.4) is 0 Å². The maximum Gasteiger partial charge on any atom is 0.250 e. The molecule has 0 radical (unpaired) electrons. The van der Waals surface area contributed by atoms with Crippen molar-refractivity contribution in [3.8, 4) is 0 Å². The molecule has 8 atom stereocenters. The molecule has 23 heavy (non-hydrogen) atoms. The van der Waals surface area contributed by atoms with Crippen molar-refractivity contribution in [3.05, 3.63) is 23.3 Å².